The summed E-state index contributed by atoms with van der Waals surface area (Å²) in [5, 5.41) is 0.759. The van der Waals surface area contributed by atoms with Crippen LogP contribution < -0.4 is 10.3 Å². The summed E-state index contributed by atoms with van der Waals surface area (Å²) in [6.45, 7) is 0.488. The van der Waals surface area contributed by atoms with Crippen LogP contribution in [0.15, 0.2) is 24.4 Å². The van der Waals surface area contributed by atoms with Crippen molar-refractivity contribution in [3.63, 3.8) is 0 Å². The lowest BCUT2D eigenvalue weighted by molar-refractivity contribution is 0.243. The lowest BCUT2D eigenvalue weighted by atomic mass is 10.1. The highest BCUT2D eigenvalue weighted by atomic mass is 31.2. The van der Waals surface area contributed by atoms with Gasteiger partial charge in [-0.05, 0) is 30.7 Å². The Labute approximate surface area is 104 Å². The van der Waals surface area contributed by atoms with Crippen molar-refractivity contribution in [1.29, 1.82) is 0 Å². The molecule has 0 aliphatic rings. The molecule has 0 radical (unpaired) electrons. The van der Waals surface area contributed by atoms with Gasteiger partial charge in [-0.2, -0.15) is 0 Å². The monoisotopic (exact) mass is 270 g/mol. The summed E-state index contributed by atoms with van der Waals surface area (Å²) in [5.41, 5.74) is 7.30. The molecule has 2 aromatic rings. The van der Waals surface area contributed by atoms with E-state index < -0.39 is 7.82 Å². The Bertz CT molecular complexity index is 596. The maximum atomic E-state index is 11.5. The van der Waals surface area contributed by atoms with Gasteiger partial charge >= 0.3 is 7.82 Å². The SMILES string of the molecule is COP(=O)(O)Oc1cccc2[nH]cc(CCN)c12. The first-order chi connectivity index (χ1) is 8.57. The molecular formula is C11H15N2O4P. The molecule has 0 saturated heterocycles. The second kappa shape index (κ2) is 5.12. The Balaban J connectivity index is 2.49. The van der Waals surface area contributed by atoms with Crippen molar-refractivity contribution >= 4 is 18.7 Å². The molecule has 1 unspecified atom stereocenters. The Kier molecular flexibility index (Phi) is 3.73. The first-order valence-electron chi connectivity index (χ1n) is 5.44. The van der Waals surface area contributed by atoms with Crippen LogP contribution in [0.4, 0.5) is 0 Å². The van der Waals surface area contributed by atoms with Gasteiger partial charge in [-0.1, -0.05) is 6.07 Å². The lowest BCUT2D eigenvalue weighted by Gasteiger charge is -2.12. The number of phosphoric ester groups is 1. The maximum absolute atomic E-state index is 11.5. The number of hydrogen-bond acceptors (Lipinski definition) is 4. The van der Waals surface area contributed by atoms with Crippen LogP contribution in [0.3, 0.4) is 0 Å². The number of aromatic amines is 1. The van der Waals surface area contributed by atoms with E-state index in [0.29, 0.717) is 18.7 Å². The summed E-state index contributed by atoms with van der Waals surface area (Å²) in [4.78, 5) is 12.4. The van der Waals surface area contributed by atoms with E-state index in [1.165, 1.54) is 0 Å². The normalized spacial score (nSPS) is 14.6. The largest absolute Gasteiger partial charge is 0.527 e. The highest BCUT2D eigenvalue weighted by molar-refractivity contribution is 7.47. The number of aromatic nitrogens is 1. The minimum Gasteiger partial charge on any atom is -0.403 e. The highest BCUT2D eigenvalue weighted by Crippen LogP contribution is 2.45. The van der Waals surface area contributed by atoms with Crippen LogP contribution in [0.2, 0.25) is 0 Å². The van der Waals surface area contributed by atoms with Crippen LogP contribution in [-0.2, 0) is 15.5 Å². The third kappa shape index (κ3) is 2.57. The van der Waals surface area contributed by atoms with Crippen LogP contribution >= 0.6 is 7.82 Å². The molecular weight excluding hydrogens is 255 g/mol. The molecule has 0 aliphatic heterocycles. The van der Waals surface area contributed by atoms with Gasteiger partial charge in [-0.15, -0.1) is 0 Å². The Morgan fingerprint density at radius 1 is 1.50 bits per heavy atom. The van der Waals surface area contributed by atoms with E-state index in [1.807, 2.05) is 12.3 Å². The molecule has 2 rings (SSSR count). The predicted octanol–water partition coefficient (Wildman–Crippen LogP) is 1.79. The first kappa shape index (κ1) is 13.1. The summed E-state index contributed by atoms with van der Waals surface area (Å²) >= 11 is 0. The zero-order valence-corrected chi connectivity index (χ0v) is 10.8. The number of hydrogen-bond donors (Lipinski definition) is 3. The van der Waals surface area contributed by atoms with Crippen molar-refractivity contribution in [1.82, 2.24) is 4.98 Å². The third-order valence-corrected chi connectivity index (χ3v) is 3.50. The minimum atomic E-state index is -4.06. The van der Waals surface area contributed by atoms with E-state index in [4.69, 9.17) is 10.3 Å². The van der Waals surface area contributed by atoms with Gasteiger partial charge in [-0.3, -0.25) is 9.42 Å². The Morgan fingerprint density at radius 3 is 2.94 bits per heavy atom. The lowest BCUT2D eigenvalue weighted by Crippen LogP contribution is -2.02. The van der Waals surface area contributed by atoms with Gasteiger partial charge in [0.25, 0.3) is 0 Å². The van der Waals surface area contributed by atoms with Crippen molar-refractivity contribution in [3.05, 3.63) is 30.0 Å². The number of H-pyrrole nitrogens is 1. The number of phosphoric acid groups is 1. The Hall–Kier alpha value is -1.33. The molecule has 0 spiro atoms. The molecule has 0 fully saturated rings. The van der Waals surface area contributed by atoms with Crippen LogP contribution in [0.25, 0.3) is 10.9 Å². The summed E-state index contributed by atoms with van der Waals surface area (Å²) < 4.78 is 20.9. The van der Waals surface area contributed by atoms with Gasteiger partial charge in [0, 0.05) is 24.2 Å². The number of nitrogens with two attached hydrogens (primary N) is 1. The van der Waals surface area contributed by atoms with E-state index in [1.54, 1.807) is 12.1 Å². The van der Waals surface area contributed by atoms with Crippen molar-refractivity contribution in [2.45, 2.75) is 6.42 Å². The molecule has 1 atom stereocenters. The van der Waals surface area contributed by atoms with Crippen LogP contribution in [0.1, 0.15) is 5.56 Å². The van der Waals surface area contributed by atoms with Crippen LogP contribution in [0.5, 0.6) is 5.75 Å². The number of nitrogens with one attached hydrogen (secondary N) is 1. The molecule has 1 aromatic heterocycles. The molecule has 1 aromatic carbocycles. The smallest absolute Gasteiger partial charge is 0.403 e. The van der Waals surface area contributed by atoms with Gasteiger partial charge in [0.05, 0.1) is 0 Å². The molecule has 6 nitrogen and oxygen atoms in total. The zero-order valence-electron chi connectivity index (χ0n) is 9.92. The van der Waals surface area contributed by atoms with Gasteiger partial charge in [0.2, 0.25) is 0 Å². The van der Waals surface area contributed by atoms with E-state index in [-0.39, 0.29) is 0 Å². The van der Waals surface area contributed by atoms with Gasteiger partial charge in [-0.25, -0.2) is 4.57 Å². The van der Waals surface area contributed by atoms with Gasteiger partial charge < -0.3 is 15.2 Å². The standard InChI is InChI=1S/C11H15N2O4P/c1-16-18(14,15)17-10-4-2-3-9-11(10)8(5-6-12)7-13-9/h2-4,7,13H,5-6,12H2,1H3,(H,14,15). The second-order valence-electron chi connectivity index (χ2n) is 3.77. The predicted molar refractivity (Wildman–Crippen MR) is 68.5 cm³/mol. The third-order valence-electron chi connectivity index (χ3n) is 2.61. The second-order valence-corrected chi connectivity index (χ2v) is 5.26. The molecule has 0 saturated carbocycles. The van der Waals surface area contributed by atoms with Crippen molar-refractivity contribution in [3.8, 4) is 5.75 Å². The fourth-order valence-electron chi connectivity index (χ4n) is 1.81. The molecule has 7 heteroatoms. The molecule has 0 bridgehead atoms. The molecule has 98 valence electrons. The molecule has 0 amide bonds. The summed E-state index contributed by atoms with van der Waals surface area (Å²) in [7, 11) is -2.94. The molecule has 0 aliphatic carbocycles. The average molecular weight is 270 g/mol. The zero-order chi connectivity index (χ0) is 13.2. The van der Waals surface area contributed by atoms with Crippen LogP contribution in [0, 0.1) is 0 Å². The summed E-state index contributed by atoms with van der Waals surface area (Å²) in [6.07, 6.45) is 2.47. The number of benzene rings is 1. The fourth-order valence-corrected chi connectivity index (χ4v) is 2.29. The first-order valence-corrected chi connectivity index (χ1v) is 6.94. The quantitative estimate of drug-likeness (QED) is 0.719. The topological polar surface area (TPSA) is 97.6 Å². The minimum absolute atomic E-state index is 0.310. The average Bonchev–Trinajstić information content (AvgIpc) is 2.74. The summed E-state index contributed by atoms with van der Waals surface area (Å²) in [5.74, 6) is 0.310. The molecule has 18 heavy (non-hydrogen) atoms. The van der Waals surface area contributed by atoms with Crippen molar-refractivity contribution < 1.29 is 18.5 Å². The van der Waals surface area contributed by atoms with Crippen LogP contribution in [-0.4, -0.2) is 23.5 Å². The van der Waals surface area contributed by atoms with Crippen molar-refractivity contribution in [2.75, 3.05) is 13.7 Å². The van der Waals surface area contributed by atoms with Crippen molar-refractivity contribution in [2.24, 2.45) is 5.73 Å². The summed E-state index contributed by atoms with van der Waals surface area (Å²) in [6, 6.07) is 5.21. The van der Waals surface area contributed by atoms with Gasteiger partial charge in [0.1, 0.15) is 5.75 Å². The van der Waals surface area contributed by atoms with E-state index in [2.05, 4.69) is 9.51 Å². The maximum Gasteiger partial charge on any atom is 0.527 e. The number of fused-ring (bicyclic) bond motifs is 1. The molecule has 1 heterocycles. The highest BCUT2D eigenvalue weighted by Gasteiger charge is 2.22. The van der Waals surface area contributed by atoms with E-state index in [9.17, 15) is 9.46 Å². The van der Waals surface area contributed by atoms with E-state index >= 15 is 0 Å². The van der Waals surface area contributed by atoms with Gasteiger partial charge in [0.15, 0.2) is 0 Å². The number of rotatable bonds is 5. The molecule has 4 N–H and O–H groups in total. The fraction of sp³-hybridized carbons (Fsp3) is 0.273. The van der Waals surface area contributed by atoms with E-state index in [0.717, 1.165) is 23.6 Å². The Morgan fingerprint density at radius 2 is 2.28 bits per heavy atom.